The topological polar surface area (TPSA) is 52.4 Å². The second-order valence-corrected chi connectivity index (χ2v) is 2.29. The monoisotopic (exact) mass is 185 g/mol. The predicted octanol–water partition coefficient (Wildman–Crippen LogP) is 1.94. The third kappa shape index (κ3) is 2.70. The highest BCUT2D eigenvalue weighted by atomic mass is 19.1. The average molecular weight is 185 g/mol. The van der Waals surface area contributed by atoms with Crippen LogP contribution in [0.25, 0.3) is 0 Å². The van der Waals surface area contributed by atoms with Crippen molar-refractivity contribution >= 4 is 5.69 Å². The first-order valence-corrected chi connectivity index (χ1v) is 3.67. The van der Waals surface area contributed by atoms with Gasteiger partial charge in [-0.15, -0.1) is 0 Å². The number of alkyl halides is 1. The van der Waals surface area contributed by atoms with E-state index >= 15 is 0 Å². The zero-order valence-corrected chi connectivity index (χ0v) is 6.77. The van der Waals surface area contributed by atoms with E-state index < -0.39 is 11.6 Å². The third-order valence-electron chi connectivity index (χ3n) is 1.37. The van der Waals surface area contributed by atoms with Crippen molar-refractivity contribution in [3.63, 3.8) is 0 Å². The molecule has 0 amide bonds. The molecule has 70 valence electrons. The Morgan fingerprint density at radius 3 is 2.92 bits per heavy atom. The lowest BCUT2D eigenvalue weighted by atomic mass is 10.3. The van der Waals surface area contributed by atoms with E-state index in [9.17, 15) is 14.5 Å². The molecule has 0 unspecified atom stereocenters. The van der Waals surface area contributed by atoms with E-state index in [1.165, 1.54) is 18.2 Å². The maximum absolute atomic E-state index is 11.7. The molecule has 0 saturated heterocycles. The highest BCUT2D eigenvalue weighted by molar-refractivity contribution is 5.37. The molecule has 0 fully saturated rings. The van der Waals surface area contributed by atoms with Gasteiger partial charge < -0.3 is 4.74 Å². The summed E-state index contributed by atoms with van der Waals surface area (Å²) in [6, 6.07) is 5.65. The van der Waals surface area contributed by atoms with Crippen LogP contribution >= 0.6 is 0 Å². The van der Waals surface area contributed by atoms with Crippen LogP contribution in [0.3, 0.4) is 0 Å². The molecule has 4 nitrogen and oxygen atoms in total. The third-order valence-corrected chi connectivity index (χ3v) is 1.37. The maximum atomic E-state index is 11.7. The summed E-state index contributed by atoms with van der Waals surface area (Å²) < 4.78 is 16.5. The zero-order valence-electron chi connectivity index (χ0n) is 6.77. The van der Waals surface area contributed by atoms with Crippen LogP contribution < -0.4 is 4.74 Å². The van der Waals surface area contributed by atoms with Crippen LogP contribution in [0.2, 0.25) is 0 Å². The molecular weight excluding hydrogens is 177 g/mol. The lowest BCUT2D eigenvalue weighted by Gasteiger charge is -2.01. The maximum Gasteiger partial charge on any atom is 0.273 e. The molecule has 0 aromatic heterocycles. The van der Waals surface area contributed by atoms with E-state index in [1.54, 1.807) is 6.07 Å². The first-order valence-electron chi connectivity index (χ1n) is 3.67. The van der Waals surface area contributed by atoms with Crippen molar-refractivity contribution in [1.82, 2.24) is 0 Å². The first-order chi connectivity index (χ1) is 6.24. The fourth-order valence-electron chi connectivity index (χ4n) is 0.843. The Morgan fingerprint density at radius 2 is 2.31 bits per heavy atom. The van der Waals surface area contributed by atoms with Gasteiger partial charge in [0.2, 0.25) is 0 Å². The Morgan fingerprint density at radius 1 is 1.54 bits per heavy atom. The molecule has 0 radical (unpaired) electrons. The summed E-state index contributed by atoms with van der Waals surface area (Å²) in [5.74, 6) is 0.312. The normalized spacial score (nSPS) is 9.62. The molecule has 0 aliphatic carbocycles. The molecule has 0 N–H and O–H groups in total. The number of nitrogens with zero attached hydrogens (tertiary/aromatic N) is 1. The van der Waals surface area contributed by atoms with Crippen molar-refractivity contribution in [3.05, 3.63) is 34.4 Å². The van der Waals surface area contributed by atoms with Gasteiger partial charge in [0, 0.05) is 6.07 Å². The molecule has 0 aliphatic rings. The van der Waals surface area contributed by atoms with E-state index in [-0.39, 0.29) is 12.3 Å². The van der Waals surface area contributed by atoms with E-state index in [1.807, 2.05) is 0 Å². The molecular formula is C8H8FNO3. The summed E-state index contributed by atoms with van der Waals surface area (Å²) in [6.45, 7) is -0.691. The molecule has 1 rings (SSSR count). The Kier molecular flexibility index (Phi) is 3.19. The van der Waals surface area contributed by atoms with Crippen molar-refractivity contribution in [2.24, 2.45) is 0 Å². The van der Waals surface area contributed by atoms with E-state index in [2.05, 4.69) is 0 Å². The first kappa shape index (κ1) is 9.44. The minimum atomic E-state index is -0.608. The molecule has 0 heterocycles. The van der Waals surface area contributed by atoms with Crippen molar-refractivity contribution in [2.75, 3.05) is 13.3 Å². The fourth-order valence-corrected chi connectivity index (χ4v) is 0.843. The number of halogens is 1. The van der Waals surface area contributed by atoms with Crippen molar-refractivity contribution in [1.29, 1.82) is 0 Å². The number of hydrogen-bond acceptors (Lipinski definition) is 3. The van der Waals surface area contributed by atoms with Crippen LogP contribution in [0.5, 0.6) is 5.75 Å². The Hall–Kier alpha value is -1.65. The second kappa shape index (κ2) is 4.39. The van der Waals surface area contributed by atoms with Crippen LogP contribution in [0.4, 0.5) is 10.1 Å². The molecule has 0 atom stereocenters. The Bertz CT molecular complexity index is 303. The fraction of sp³-hybridized carbons (Fsp3) is 0.250. The van der Waals surface area contributed by atoms with Crippen molar-refractivity contribution < 1.29 is 14.1 Å². The highest BCUT2D eigenvalue weighted by Crippen LogP contribution is 2.18. The van der Waals surface area contributed by atoms with Crippen LogP contribution in [-0.2, 0) is 0 Å². The van der Waals surface area contributed by atoms with Crippen molar-refractivity contribution in [3.8, 4) is 5.75 Å². The number of nitro benzene ring substituents is 1. The lowest BCUT2D eigenvalue weighted by Crippen LogP contribution is -1.98. The zero-order chi connectivity index (χ0) is 9.68. The van der Waals surface area contributed by atoms with Gasteiger partial charge in [-0.1, -0.05) is 6.07 Å². The molecule has 1 aromatic rings. The van der Waals surface area contributed by atoms with Gasteiger partial charge in [-0.3, -0.25) is 10.1 Å². The number of benzene rings is 1. The van der Waals surface area contributed by atoms with Crippen LogP contribution in [0.1, 0.15) is 0 Å². The van der Waals surface area contributed by atoms with Gasteiger partial charge in [-0.05, 0) is 6.07 Å². The van der Waals surface area contributed by atoms with Crippen molar-refractivity contribution in [2.45, 2.75) is 0 Å². The van der Waals surface area contributed by atoms with E-state index in [0.29, 0.717) is 5.75 Å². The summed E-state index contributed by atoms with van der Waals surface area (Å²) in [4.78, 5) is 9.78. The minimum Gasteiger partial charge on any atom is -0.491 e. The SMILES string of the molecule is O=[N+]([O-])c1cccc(OCCF)c1. The van der Waals surface area contributed by atoms with Crippen LogP contribution in [0.15, 0.2) is 24.3 Å². The van der Waals surface area contributed by atoms with Gasteiger partial charge >= 0.3 is 0 Å². The van der Waals surface area contributed by atoms with Gasteiger partial charge in [0.05, 0.1) is 11.0 Å². The summed E-state index contributed by atoms with van der Waals surface area (Å²) in [5.41, 5.74) is -0.0589. The number of nitro groups is 1. The summed E-state index contributed by atoms with van der Waals surface area (Å²) in [7, 11) is 0. The van der Waals surface area contributed by atoms with Gasteiger partial charge in [-0.2, -0.15) is 0 Å². The van der Waals surface area contributed by atoms with Crippen LogP contribution in [-0.4, -0.2) is 18.2 Å². The minimum absolute atomic E-state index is 0.0589. The highest BCUT2D eigenvalue weighted by Gasteiger charge is 2.05. The quantitative estimate of drug-likeness (QED) is 0.532. The number of hydrogen-bond donors (Lipinski definition) is 0. The summed E-state index contributed by atoms with van der Waals surface area (Å²) in [6.07, 6.45) is 0. The number of rotatable bonds is 4. The smallest absolute Gasteiger partial charge is 0.273 e. The van der Waals surface area contributed by atoms with E-state index in [4.69, 9.17) is 4.74 Å². The lowest BCUT2D eigenvalue weighted by molar-refractivity contribution is -0.384. The molecule has 0 aliphatic heterocycles. The molecule has 0 bridgehead atoms. The van der Waals surface area contributed by atoms with Gasteiger partial charge in [0.15, 0.2) is 0 Å². The molecule has 5 heteroatoms. The molecule has 1 aromatic carbocycles. The second-order valence-electron chi connectivity index (χ2n) is 2.29. The van der Waals surface area contributed by atoms with Crippen LogP contribution in [0, 0.1) is 10.1 Å². The van der Waals surface area contributed by atoms with Gasteiger partial charge in [0.1, 0.15) is 19.0 Å². The van der Waals surface area contributed by atoms with Gasteiger partial charge in [0.25, 0.3) is 5.69 Å². The summed E-state index contributed by atoms with van der Waals surface area (Å²) in [5, 5.41) is 10.3. The molecule has 0 spiro atoms. The molecule has 0 saturated carbocycles. The Balaban J connectivity index is 2.73. The number of non-ortho nitro benzene ring substituents is 1. The molecule has 13 heavy (non-hydrogen) atoms. The Labute approximate surface area is 74.1 Å². The largest absolute Gasteiger partial charge is 0.491 e. The summed E-state index contributed by atoms with van der Waals surface area (Å²) >= 11 is 0. The number of ether oxygens (including phenoxy) is 1. The predicted molar refractivity (Wildman–Crippen MR) is 44.6 cm³/mol. The average Bonchev–Trinajstić information content (AvgIpc) is 2.15. The van der Waals surface area contributed by atoms with Gasteiger partial charge in [-0.25, -0.2) is 4.39 Å². The van der Waals surface area contributed by atoms with E-state index in [0.717, 1.165) is 0 Å². The standard InChI is InChI=1S/C8H8FNO3/c9-4-5-13-8-3-1-2-7(6-8)10(11)12/h1-3,6H,4-5H2.